The second-order valence-corrected chi connectivity index (χ2v) is 8.95. The van der Waals surface area contributed by atoms with Crippen LogP contribution >= 0.6 is 22.7 Å². The molecule has 0 aliphatic carbocycles. The van der Waals surface area contributed by atoms with Gasteiger partial charge in [-0.1, -0.05) is 12.1 Å². The number of hydrogen-bond acceptors (Lipinski definition) is 5. The Hall–Kier alpha value is -2.25. The van der Waals surface area contributed by atoms with Crippen molar-refractivity contribution in [3.05, 3.63) is 51.2 Å². The molecule has 1 N–H and O–H groups in total. The fourth-order valence-corrected chi connectivity index (χ4v) is 5.40. The molecular weight excluding hydrogens is 378 g/mol. The third-order valence-electron chi connectivity index (χ3n) is 4.66. The predicted octanol–water partition coefficient (Wildman–Crippen LogP) is 3.49. The normalized spacial score (nSPS) is 15.4. The number of aryl methyl sites for hydroxylation is 1. The number of carbonyl (C=O) groups excluding carboxylic acids is 2. The number of nitrogens with zero attached hydrogens (tertiary/aromatic N) is 2. The van der Waals surface area contributed by atoms with Gasteiger partial charge in [-0.3, -0.25) is 9.59 Å². The Morgan fingerprint density at radius 1 is 1.33 bits per heavy atom. The minimum absolute atomic E-state index is 0.0299. The van der Waals surface area contributed by atoms with E-state index in [4.69, 9.17) is 0 Å². The van der Waals surface area contributed by atoms with Crippen molar-refractivity contribution in [3.8, 4) is 0 Å². The van der Waals surface area contributed by atoms with Crippen molar-refractivity contribution >= 4 is 44.7 Å². The molecule has 0 bridgehead atoms. The Morgan fingerprint density at radius 3 is 3.04 bits per heavy atom. The maximum absolute atomic E-state index is 12.7. The van der Waals surface area contributed by atoms with Crippen molar-refractivity contribution in [1.82, 2.24) is 15.2 Å². The van der Waals surface area contributed by atoms with Crippen LogP contribution in [0.3, 0.4) is 0 Å². The topological polar surface area (TPSA) is 62.3 Å². The summed E-state index contributed by atoms with van der Waals surface area (Å²) in [6.45, 7) is 2.71. The van der Waals surface area contributed by atoms with E-state index < -0.39 is 0 Å². The highest BCUT2D eigenvalue weighted by atomic mass is 32.1. The van der Waals surface area contributed by atoms with Crippen LogP contribution in [0.2, 0.25) is 0 Å². The maximum atomic E-state index is 12.7. The lowest BCUT2D eigenvalue weighted by Gasteiger charge is -2.21. The molecule has 0 spiro atoms. The van der Waals surface area contributed by atoms with Crippen LogP contribution in [0, 0.1) is 0 Å². The molecule has 0 fully saturated rings. The van der Waals surface area contributed by atoms with Gasteiger partial charge in [-0.25, -0.2) is 4.98 Å². The lowest BCUT2D eigenvalue weighted by molar-refractivity contribution is -0.122. The number of benzene rings is 1. The third kappa shape index (κ3) is 4.04. The minimum Gasteiger partial charge on any atom is -0.352 e. The first kappa shape index (κ1) is 18.1. The molecule has 1 aromatic carbocycles. The highest BCUT2D eigenvalue weighted by Gasteiger charge is 2.25. The van der Waals surface area contributed by atoms with Crippen LogP contribution in [0.4, 0.5) is 0 Å². The Kier molecular flexibility index (Phi) is 5.22. The monoisotopic (exact) mass is 399 g/mol. The van der Waals surface area contributed by atoms with Crippen LogP contribution in [0.25, 0.3) is 10.2 Å². The van der Waals surface area contributed by atoms with Crippen molar-refractivity contribution in [2.45, 2.75) is 32.2 Å². The van der Waals surface area contributed by atoms with Crippen molar-refractivity contribution in [2.24, 2.45) is 0 Å². The largest absolute Gasteiger partial charge is 0.352 e. The summed E-state index contributed by atoms with van der Waals surface area (Å²) < 4.78 is 1.16. The Balaban J connectivity index is 1.35. The van der Waals surface area contributed by atoms with E-state index in [1.165, 1.54) is 0 Å². The molecule has 1 atom stereocenters. The predicted molar refractivity (Wildman–Crippen MR) is 109 cm³/mol. The number of nitrogens with one attached hydrogen (secondary N) is 1. The van der Waals surface area contributed by atoms with Gasteiger partial charge in [0.25, 0.3) is 5.91 Å². The second kappa shape index (κ2) is 7.78. The lowest BCUT2D eigenvalue weighted by Crippen LogP contribution is -2.44. The minimum atomic E-state index is -0.115. The van der Waals surface area contributed by atoms with Gasteiger partial charge in [-0.15, -0.1) is 22.7 Å². The molecule has 7 heteroatoms. The third-order valence-corrected chi connectivity index (χ3v) is 6.70. The van der Waals surface area contributed by atoms with Gasteiger partial charge in [0.15, 0.2) is 0 Å². The SMILES string of the molecule is C[C@H](Cc1nc2ccccc2s1)NC(=O)CN1CCCc2sccc2C1=O. The fraction of sp³-hybridized carbons (Fsp3) is 0.350. The zero-order valence-electron chi connectivity index (χ0n) is 15.1. The molecule has 1 aliphatic heterocycles. The fourth-order valence-electron chi connectivity index (χ4n) is 3.39. The number of amides is 2. The number of fused-ring (bicyclic) bond motifs is 2. The van der Waals surface area contributed by atoms with Gasteiger partial charge in [-0.05, 0) is 43.3 Å². The molecule has 0 saturated heterocycles. The number of aromatic nitrogens is 1. The van der Waals surface area contributed by atoms with Crippen LogP contribution in [-0.4, -0.2) is 40.8 Å². The van der Waals surface area contributed by atoms with E-state index in [-0.39, 0.29) is 24.4 Å². The van der Waals surface area contributed by atoms with Gasteiger partial charge in [0, 0.05) is 23.9 Å². The summed E-state index contributed by atoms with van der Waals surface area (Å²) >= 11 is 3.28. The van der Waals surface area contributed by atoms with Crippen molar-refractivity contribution in [3.63, 3.8) is 0 Å². The van der Waals surface area contributed by atoms with Crippen LogP contribution in [0.5, 0.6) is 0 Å². The number of hydrogen-bond donors (Lipinski definition) is 1. The molecule has 2 aromatic heterocycles. The number of carbonyl (C=O) groups is 2. The van der Waals surface area contributed by atoms with Crippen LogP contribution in [0.15, 0.2) is 35.7 Å². The zero-order chi connectivity index (χ0) is 18.8. The van der Waals surface area contributed by atoms with Gasteiger partial charge in [0.2, 0.25) is 5.91 Å². The molecule has 3 heterocycles. The Morgan fingerprint density at radius 2 is 2.19 bits per heavy atom. The van der Waals surface area contributed by atoms with Crippen molar-refractivity contribution < 1.29 is 9.59 Å². The van der Waals surface area contributed by atoms with E-state index in [0.29, 0.717) is 13.0 Å². The molecule has 3 aromatic rings. The van der Waals surface area contributed by atoms with E-state index >= 15 is 0 Å². The lowest BCUT2D eigenvalue weighted by atomic mass is 10.2. The smallest absolute Gasteiger partial charge is 0.255 e. The van der Waals surface area contributed by atoms with Gasteiger partial charge < -0.3 is 10.2 Å². The Bertz CT molecular complexity index is 945. The van der Waals surface area contributed by atoms with E-state index in [1.807, 2.05) is 36.6 Å². The molecule has 0 unspecified atom stereocenters. The number of thiophene rings is 1. The Labute approximate surface area is 166 Å². The second-order valence-electron chi connectivity index (χ2n) is 6.84. The standard InChI is InChI=1S/C20H21N3O2S2/c1-13(11-19-22-15-5-2-3-6-17(15)27-19)21-18(24)12-23-9-4-7-16-14(20(23)25)8-10-26-16/h2-3,5-6,8,10,13H,4,7,9,11-12H2,1H3,(H,21,24)/t13-/m1/s1. The van der Waals surface area contributed by atoms with Gasteiger partial charge >= 0.3 is 0 Å². The summed E-state index contributed by atoms with van der Waals surface area (Å²) in [6, 6.07) is 9.89. The molecule has 4 rings (SSSR count). The van der Waals surface area contributed by atoms with Crippen LogP contribution < -0.4 is 5.32 Å². The molecule has 27 heavy (non-hydrogen) atoms. The average molecular weight is 400 g/mol. The summed E-state index contributed by atoms with van der Waals surface area (Å²) in [4.78, 5) is 32.5. The average Bonchev–Trinajstić information content (AvgIpc) is 3.23. The molecule has 1 aliphatic rings. The summed E-state index contributed by atoms with van der Waals surface area (Å²) in [5.74, 6) is -0.145. The molecule has 2 amide bonds. The van der Waals surface area contributed by atoms with E-state index in [1.54, 1.807) is 27.6 Å². The van der Waals surface area contributed by atoms with Crippen LogP contribution in [-0.2, 0) is 17.6 Å². The molecule has 0 radical (unpaired) electrons. The van der Waals surface area contributed by atoms with Gasteiger partial charge in [0.05, 0.1) is 27.3 Å². The first-order chi connectivity index (χ1) is 13.1. The van der Waals surface area contributed by atoms with E-state index in [9.17, 15) is 9.59 Å². The van der Waals surface area contributed by atoms with Crippen molar-refractivity contribution in [2.75, 3.05) is 13.1 Å². The highest BCUT2D eigenvalue weighted by molar-refractivity contribution is 7.18. The van der Waals surface area contributed by atoms with Gasteiger partial charge in [0.1, 0.15) is 0 Å². The summed E-state index contributed by atoms with van der Waals surface area (Å²) in [5, 5.41) is 5.98. The summed E-state index contributed by atoms with van der Waals surface area (Å²) in [6.07, 6.45) is 2.49. The molecular formula is C20H21N3O2S2. The first-order valence-electron chi connectivity index (χ1n) is 9.09. The molecule has 5 nitrogen and oxygen atoms in total. The van der Waals surface area contributed by atoms with Crippen LogP contribution in [0.1, 0.15) is 33.6 Å². The zero-order valence-corrected chi connectivity index (χ0v) is 16.7. The van der Waals surface area contributed by atoms with Crippen molar-refractivity contribution in [1.29, 1.82) is 0 Å². The highest BCUT2D eigenvalue weighted by Crippen LogP contribution is 2.24. The van der Waals surface area contributed by atoms with E-state index in [0.717, 1.165) is 38.5 Å². The quantitative estimate of drug-likeness (QED) is 0.714. The summed E-state index contributed by atoms with van der Waals surface area (Å²) in [5.41, 5.74) is 1.76. The summed E-state index contributed by atoms with van der Waals surface area (Å²) in [7, 11) is 0. The number of thiazole rings is 1. The number of para-hydroxylation sites is 1. The first-order valence-corrected chi connectivity index (χ1v) is 10.8. The molecule has 0 saturated carbocycles. The van der Waals surface area contributed by atoms with Gasteiger partial charge in [-0.2, -0.15) is 0 Å². The molecule has 140 valence electrons. The number of rotatable bonds is 5. The maximum Gasteiger partial charge on any atom is 0.255 e. The van der Waals surface area contributed by atoms with E-state index in [2.05, 4.69) is 16.4 Å².